The first kappa shape index (κ1) is 19.4. The molecule has 0 aliphatic carbocycles. The average molecular weight is 366 g/mol. The van der Waals surface area contributed by atoms with Crippen molar-refractivity contribution < 1.29 is 9.63 Å². The fourth-order valence-corrected chi connectivity index (χ4v) is 2.91. The predicted molar refractivity (Wildman–Crippen MR) is 100.0 cm³/mol. The minimum absolute atomic E-state index is 0.253. The quantitative estimate of drug-likeness (QED) is 0.491. The number of hydrogen-bond acceptors (Lipinski definition) is 6. The third-order valence-electron chi connectivity index (χ3n) is 3.66. The molecule has 3 N–H and O–H groups in total. The molecule has 2 aromatic heterocycles. The Morgan fingerprint density at radius 1 is 1.44 bits per heavy atom. The molecule has 25 heavy (non-hydrogen) atoms. The average Bonchev–Trinajstić information content (AvgIpc) is 3.24. The van der Waals surface area contributed by atoms with Crippen molar-refractivity contribution in [3.63, 3.8) is 0 Å². The lowest BCUT2D eigenvalue weighted by molar-refractivity contribution is 0.0677. The van der Waals surface area contributed by atoms with E-state index in [0.717, 1.165) is 17.9 Å². The molecule has 7 nitrogen and oxygen atoms in total. The number of nitrogens with zero attached hydrogens (tertiary/aromatic N) is 3. The molecule has 2 heterocycles. The van der Waals surface area contributed by atoms with Crippen LogP contribution in [0.2, 0.25) is 0 Å². The summed E-state index contributed by atoms with van der Waals surface area (Å²) in [5.74, 6) is 2.24. The first-order valence-corrected chi connectivity index (χ1v) is 9.46. The molecule has 0 aromatic carbocycles. The number of aliphatic hydroxyl groups is 1. The molecule has 1 unspecified atom stereocenters. The molecule has 0 fully saturated rings. The van der Waals surface area contributed by atoms with E-state index in [1.807, 2.05) is 37.6 Å². The molecular formula is C17H27N5O2S. The van der Waals surface area contributed by atoms with Gasteiger partial charge in [0.15, 0.2) is 11.8 Å². The highest BCUT2D eigenvalue weighted by Crippen LogP contribution is 2.23. The molecule has 2 rings (SSSR count). The number of aromatic nitrogens is 2. The summed E-state index contributed by atoms with van der Waals surface area (Å²) in [6.07, 6.45) is 0.616. The van der Waals surface area contributed by atoms with Gasteiger partial charge in [0.1, 0.15) is 5.60 Å². The van der Waals surface area contributed by atoms with E-state index in [1.54, 1.807) is 18.3 Å². The number of guanidine groups is 1. The fourth-order valence-electron chi connectivity index (χ4n) is 2.13. The van der Waals surface area contributed by atoms with E-state index in [0.29, 0.717) is 24.8 Å². The van der Waals surface area contributed by atoms with Crippen molar-refractivity contribution >= 4 is 17.3 Å². The van der Waals surface area contributed by atoms with Gasteiger partial charge in [-0.2, -0.15) is 16.3 Å². The highest BCUT2D eigenvalue weighted by molar-refractivity contribution is 7.08. The maximum absolute atomic E-state index is 10.6. The van der Waals surface area contributed by atoms with Gasteiger partial charge in [-0.15, -0.1) is 0 Å². The first-order chi connectivity index (χ1) is 11.9. The van der Waals surface area contributed by atoms with E-state index >= 15 is 0 Å². The number of hydrogen-bond donors (Lipinski definition) is 3. The topological polar surface area (TPSA) is 95.6 Å². The van der Waals surface area contributed by atoms with Crippen LogP contribution in [0.25, 0.3) is 0 Å². The van der Waals surface area contributed by atoms with Crippen molar-refractivity contribution in [2.75, 3.05) is 19.6 Å². The van der Waals surface area contributed by atoms with Crippen LogP contribution in [0.15, 0.2) is 26.3 Å². The van der Waals surface area contributed by atoms with Gasteiger partial charge in [-0.1, -0.05) is 19.0 Å². The summed E-state index contributed by atoms with van der Waals surface area (Å²) in [4.78, 5) is 8.84. The Morgan fingerprint density at radius 2 is 2.24 bits per heavy atom. The van der Waals surface area contributed by atoms with Crippen molar-refractivity contribution in [1.29, 1.82) is 0 Å². The van der Waals surface area contributed by atoms with Crippen molar-refractivity contribution in [1.82, 2.24) is 20.8 Å². The molecule has 8 heteroatoms. The summed E-state index contributed by atoms with van der Waals surface area (Å²) in [6.45, 7) is 9.47. The molecule has 0 aliphatic heterocycles. The van der Waals surface area contributed by atoms with Crippen LogP contribution in [0.3, 0.4) is 0 Å². The Morgan fingerprint density at radius 3 is 2.84 bits per heavy atom. The fraction of sp³-hybridized carbons (Fsp3) is 0.588. The summed E-state index contributed by atoms with van der Waals surface area (Å²) >= 11 is 1.56. The van der Waals surface area contributed by atoms with E-state index < -0.39 is 5.60 Å². The van der Waals surface area contributed by atoms with Crippen molar-refractivity contribution in [2.45, 2.75) is 45.6 Å². The molecule has 0 saturated carbocycles. The number of thiophene rings is 1. The maximum atomic E-state index is 10.6. The Labute approximate surface area is 152 Å². The van der Waals surface area contributed by atoms with Gasteiger partial charge in [0.2, 0.25) is 5.89 Å². The second-order valence-corrected chi connectivity index (χ2v) is 7.14. The van der Waals surface area contributed by atoms with Crippen molar-refractivity contribution in [3.8, 4) is 0 Å². The SMILES string of the molecule is CCNC(=NCC(C)(O)c1ccsc1)NCCc1nc(C(C)C)no1. The van der Waals surface area contributed by atoms with Gasteiger partial charge < -0.3 is 20.3 Å². The van der Waals surface area contributed by atoms with Crippen LogP contribution >= 0.6 is 11.3 Å². The lowest BCUT2D eigenvalue weighted by Gasteiger charge is -2.21. The van der Waals surface area contributed by atoms with Gasteiger partial charge >= 0.3 is 0 Å². The summed E-state index contributed by atoms with van der Waals surface area (Å²) < 4.78 is 5.23. The molecule has 0 spiro atoms. The van der Waals surface area contributed by atoms with Gasteiger partial charge in [-0.3, -0.25) is 0 Å². The molecule has 2 aromatic rings. The molecule has 0 saturated heterocycles. The van der Waals surface area contributed by atoms with Crippen LogP contribution in [0, 0.1) is 0 Å². The highest BCUT2D eigenvalue weighted by atomic mass is 32.1. The Hall–Kier alpha value is -1.93. The van der Waals surface area contributed by atoms with Crippen molar-refractivity contribution in [2.24, 2.45) is 4.99 Å². The minimum Gasteiger partial charge on any atom is -0.383 e. The monoisotopic (exact) mass is 365 g/mol. The Bertz CT molecular complexity index is 664. The van der Waals surface area contributed by atoms with Crippen LogP contribution in [-0.4, -0.2) is 40.8 Å². The maximum Gasteiger partial charge on any atom is 0.228 e. The van der Waals surface area contributed by atoms with E-state index in [-0.39, 0.29) is 12.5 Å². The number of rotatable bonds is 8. The highest BCUT2D eigenvalue weighted by Gasteiger charge is 2.23. The second kappa shape index (κ2) is 8.96. The lowest BCUT2D eigenvalue weighted by atomic mass is 10.00. The van der Waals surface area contributed by atoms with Gasteiger partial charge in [0, 0.05) is 25.4 Å². The number of aliphatic imine (C=N–C) groups is 1. The zero-order valence-corrected chi connectivity index (χ0v) is 16.1. The molecule has 0 bridgehead atoms. The van der Waals surface area contributed by atoms with E-state index in [4.69, 9.17) is 4.52 Å². The number of nitrogens with one attached hydrogen (secondary N) is 2. The van der Waals surface area contributed by atoms with Crippen LogP contribution in [0.1, 0.15) is 50.9 Å². The summed E-state index contributed by atoms with van der Waals surface area (Å²) in [5.41, 5.74) is -0.106. The summed E-state index contributed by atoms with van der Waals surface area (Å²) in [5, 5.41) is 24.8. The summed E-state index contributed by atoms with van der Waals surface area (Å²) in [6, 6.07) is 1.92. The molecule has 138 valence electrons. The smallest absolute Gasteiger partial charge is 0.228 e. The molecular weight excluding hydrogens is 338 g/mol. The van der Waals surface area contributed by atoms with Crippen LogP contribution < -0.4 is 10.6 Å². The first-order valence-electron chi connectivity index (χ1n) is 8.52. The van der Waals surface area contributed by atoms with Gasteiger partial charge in [-0.25, -0.2) is 4.99 Å². The molecule has 0 radical (unpaired) electrons. The Kier molecular flexibility index (Phi) is 6.95. The van der Waals surface area contributed by atoms with Gasteiger partial charge in [-0.05, 0) is 36.2 Å². The van der Waals surface area contributed by atoms with E-state index in [2.05, 4.69) is 25.8 Å². The van der Waals surface area contributed by atoms with Crippen LogP contribution in [-0.2, 0) is 12.0 Å². The lowest BCUT2D eigenvalue weighted by Crippen LogP contribution is -2.39. The predicted octanol–water partition coefficient (Wildman–Crippen LogP) is 2.26. The van der Waals surface area contributed by atoms with Crippen molar-refractivity contribution in [3.05, 3.63) is 34.1 Å². The largest absolute Gasteiger partial charge is 0.383 e. The van der Waals surface area contributed by atoms with Crippen LogP contribution in [0.4, 0.5) is 0 Å². The zero-order chi connectivity index (χ0) is 18.3. The third kappa shape index (κ3) is 5.82. The van der Waals surface area contributed by atoms with Gasteiger partial charge in [0.25, 0.3) is 0 Å². The van der Waals surface area contributed by atoms with E-state index in [1.165, 1.54) is 0 Å². The molecule has 0 aliphatic rings. The minimum atomic E-state index is -0.985. The van der Waals surface area contributed by atoms with Gasteiger partial charge in [0.05, 0.1) is 6.54 Å². The summed E-state index contributed by atoms with van der Waals surface area (Å²) in [7, 11) is 0. The normalized spacial score (nSPS) is 14.6. The van der Waals surface area contributed by atoms with E-state index in [9.17, 15) is 5.11 Å². The zero-order valence-electron chi connectivity index (χ0n) is 15.2. The third-order valence-corrected chi connectivity index (χ3v) is 4.35. The molecule has 0 amide bonds. The molecule has 1 atom stereocenters. The standard InChI is InChI=1S/C17H27N5O2S/c1-5-18-16(20-11-17(4,23)13-7-9-25-10-13)19-8-6-14-21-15(12(2)3)22-24-14/h7,9-10,12,23H,5-6,8,11H2,1-4H3,(H2,18,19,20). The second-order valence-electron chi connectivity index (χ2n) is 6.36. The van der Waals surface area contributed by atoms with Crippen LogP contribution in [0.5, 0.6) is 0 Å². The Balaban J connectivity index is 1.89.